The van der Waals surface area contributed by atoms with E-state index in [0.29, 0.717) is 40.9 Å². The van der Waals surface area contributed by atoms with Gasteiger partial charge in [-0.05, 0) is 37.5 Å². The van der Waals surface area contributed by atoms with Crippen LogP contribution in [0.25, 0.3) is 11.1 Å². The molecule has 2 aliphatic rings. The molecule has 0 spiro atoms. The van der Waals surface area contributed by atoms with Crippen LogP contribution < -0.4 is 25.8 Å². The maximum Gasteiger partial charge on any atom is 0.257 e. The third-order valence-corrected chi connectivity index (χ3v) is 7.09. The second kappa shape index (κ2) is 16.9. The normalized spacial score (nSPS) is 16.5. The number of anilines is 2. The number of aliphatic imine (C=N–C) groups is 1. The van der Waals surface area contributed by atoms with Crippen molar-refractivity contribution in [1.82, 2.24) is 25.1 Å². The Morgan fingerprint density at radius 3 is 2.62 bits per heavy atom. The molecule has 0 amide bonds. The van der Waals surface area contributed by atoms with Crippen molar-refractivity contribution >= 4 is 29.6 Å². The first-order chi connectivity index (χ1) is 20.6. The first kappa shape index (κ1) is 31.5. The minimum absolute atomic E-state index is 0.0905. The van der Waals surface area contributed by atoms with E-state index in [2.05, 4.69) is 30.7 Å². The SMILES string of the molecule is C1COCCN1.C[C@@H](CN=CN)Oc1cc(-c2cnc(Nc3cn(C4CCCCC4)nc3OCCO)nc2)ccc1Cl. The number of aromatic nitrogens is 4. The predicted octanol–water partition coefficient (Wildman–Crippen LogP) is 3.97. The van der Waals surface area contributed by atoms with E-state index in [1.807, 2.05) is 29.9 Å². The van der Waals surface area contributed by atoms with Crippen LogP contribution in [0.15, 0.2) is 41.8 Å². The van der Waals surface area contributed by atoms with Gasteiger partial charge in [0.2, 0.25) is 5.95 Å². The molecule has 1 aromatic carbocycles. The van der Waals surface area contributed by atoms with Crippen LogP contribution in [0.1, 0.15) is 45.1 Å². The molecular weight excluding hydrogens is 560 g/mol. The number of rotatable bonds is 11. The zero-order valence-electron chi connectivity index (χ0n) is 24.0. The van der Waals surface area contributed by atoms with Crippen LogP contribution in [0.2, 0.25) is 5.02 Å². The van der Waals surface area contributed by atoms with Crippen molar-refractivity contribution in [2.24, 2.45) is 10.7 Å². The van der Waals surface area contributed by atoms with Crippen molar-refractivity contribution in [1.29, 1.82) is 0 Å². The number of benzene rings is 1. The lowest BCUT2D eigenvalue weighted by Crippen LogP contribution is -2.30. The van der Waals surface area contributed by atoms with Gasteiger partial charge in [-0.2, -0.15) is 0 Å². The summed E-state index contributed by atoms with van der Waals surface area (Å²) in [5.41, 5.74) is 7.65. The van der Waals surface area contributed by atoms with Crippen LogP contribution in [0.5, 0.6) is 11.6 Å². The Labute approximate surface area is 251 Å². The van der Waals surface area contributed by atoms with E-state index in [0.717, 1.165) is 50.3 Å². The van der Waals surface area contributed by atoms with E-state index in [1.165, 1.54) is 25.6 Å². The molecule has 3 aromatic rings. The number of nitrogens with zero attached hydrogens (tertiary/aromatic N) is 5. The van der Waals surface area contributed by atoms with E-state index >= 15 is 0 Å². The van der Waals surface area contributed by atoms with Gasteiger partial charge in [-0.25, -0.2) is 9.97 Å². The number of morpholine rings is 1. The molecule has 1 atom stereocenters. The van der Waals surface area contributed by atoms with Gasteiger partial charge >= 0.3 is 0 Å². The predicted molar refractivity (Wildman–Crippen MR) is 164 cm³/mol. The van der Waals surface area contributed by atoms with Crippen LogP contribution in [-0.2, 0) is 4.74 Å². The Kier molecular flexibility index (Phi) is 12.6. The summed E-state index contributed by atoms with van der Waals surface area (Å²) in [6, 6.07) is 5.87. The average Bonchev–Trinajstić information content (AvgIpc) is 3.44. The highest BCUT2D eigenvalue weighted by atomic mass is 35.5. The van der Waals surface area contributed by atoms with E-state index in [1.54, 1.807) is 18.5 Å². The van der Waals surface area contributed by atoms with Crippen molar-refractivity contribution in [2.75, 3.05) is 51.4 Å². The molecule has 2 aromatic heterocycles. The lowest BCUT2D eigenvalue weighted by atomic mass is 9.96. The smallest absolute Gasteiger partial charge is 0.257 e. The topological polar surface area (TPSA) is 154 Å². The highest BCUT2D eigenvalue weighted by Gasteiger charge is 2.20. The Morgan fingerprint density at radius 1 is 1.21 bits per heavy atom. The minimum Gasteiger partial charge on any atom is -0.487 e. The highest BCUT2D eigenvalue weighted by Crippen LogP contribution is 2.34. The molecule has 5 rings (SSSR count). The molecule has 1 aliphatic carbocycles. The van der Waals surface area contributed by atoms with Crippen molar-refractivity contribution in [3.63, 3.8) is 0 Å². The maximum absolute atomic E-state index is 9.19. The second-order valence-electron chi connectivity index (χ2n) is 10.1. The molecule has 0 unspecified atom stereocenters. The molecule has 3 heterocycles. The molecule has 1 aliphatic heterocycles. The van der Waals surface area contributed by atoms with Gasteiger partial charge in [0.1, 0.15) is 24.1 Å². The summed E-state index contributed by atoms with van der Waals surface area (Å²) in [6.45, 7) is 6.23. The number of nitrogens with two attached hydrogens (primary N) is 1. The fourth-order valence-corrected chi connectivity index (χ4v) is 4.82. The highest BCUT2D eigenvalue weighted by molar-refractivity contribution is 6.32. The Bertz CT molecular complexity index is 1240. The number of aliphatic hydroxyl groups excluding tert-OH is 1. The van der Waals surface area contributed by atoms with Gasteiger partial charge in [-0.3, -0.25) is 9.67 Å². The van der Waals surface area contributed by atoms with Gasteiger partial charge < -0.3 is 35.7 Å². The van der Waals surface area contributed by atoms with Gasteiger partial charge in [-0.1, -0.05) is 36.9 Å². The quantitative estimate of drug-likeness (QED) is 0.188. The second-order valence-corrected chi connectivity index (χ2v) is 10.5. The molecule has 0 bridgehead atoms. The Balaban J connectivity index is 0.000000600. The third kappa shape index (κ3) is 9.55. The minimum atomic E-state index is -0.183. The lowest BCUT2D eigenvalue weighted by Gasteiger charge is -2.21. The van der Waals surface area contributed by atoms with Gasteiger partial charge in [0.05, 0.1) is 50.0 Å². The molecular formula is C29H41ClN8O4. The lowest BCUT2D eigenvalue weighted by molar-refractivity contribution is 0.109. The molecule has 12 nitrogen and oxygen atoms in total. The van der Waals surface area contributed by atoms with Crippen LogP contribution in [0, 0.1) is 0 Å². The largest absolute Gasteiger partial charge is 0.487 e. The zero-order valence-corrected chi connectivity index (χ0v) is 24.8. The molecule has 42 heavy (non-hydrogen) atoms. The summed E-state index contributed by atoms with van der Waals surface area (Å²) < 4.78 is 18.5. The van der Waals surface area contributed by atoms with E-state index in [4.69, 9.17) is 31.5 Å². The fraction of sp³-hybridized carbons (Fsp3) is 0.517. The number of hydrogen-bond donors (Lipinski definition) is 4. The summed E-state index contributed by atoms with van der Waals surface area (Å²) >= 11 is 6.32. The van der Waals surface area contributed by atoms with Gasteiger partial charge in [0.25, 0.3) is 5.88 Å². The summed E-state index contributed by atoms with van der Waals surface area (Å²) in [5, 5.41) is 20.7. The molecule has 0 radical (unpaired) electrons. The molecule has 1 saturated heterocycles. The standard InChI is InChI=1S/C25H32ClN7O3.C4H9NO/c1-17(12-28-16-27)36-23-11-18(7-8-21(23)26)19-13-29-25(30-14-19)31-22-15-33(20-5-3-2-4-6-20)32-24(22)35-10-9-34;1-3-6-4-2-5-1/h7-8,11,13-17,20,34H,2-6,9-10,12H2,1H3,(H2,27,28)(H,29,30,31);5H,1-4H2/t17-;/m0./s1. The van der Waals surface area contributed by atoms with E-state index < -0.39 is 0 Å². The summed E-state index contributed by atoms with van der Waals surface area (Å²) in [7, 11) is 0. The van der Waals surface area contributed by atoms with Gasteiger partial charge in [-0.15, -0.1) is 5.10 Å². The fourth-order valence-electron chi connectivity index (χ4n) is 4.66. The number of ether oxygens (including phenoxy) is 3. The Morgan fingerprint density at radius 2 is 1.98 bits per heavy atom. The van der Waals surface area contributed by atoms with Gasteiger partial charge in [0.15, 0.2) is 0 Å². The molecule has 1 saturated carbocycles. The number of aliphatic hydroxyl groups is 1. The monoisotopic (exact) mass is 600 g/mol. The van der Waals surface area contributed by atoms with Crippen molar-refractivity contribution < 1.29 is 19.3 Å². The van der Waals surface area contributed by atoms with Crippen molar-refractivity contribution in [3.8, 4) is 22.8 Å². The van der Waals surface area contributed by atoms with Crippen molar-refractivity contribution in [2.45, 2.75) is 51.2 Å². The third-order valence-electron chi connectivity index (χ3n) is 6.78. The van der Waals surface area contributed by atoms with Crippen LogP contribution in [0.4, 0.5) is 11.6 Å². The van der Waals surface area contributed by atoms with Crippen molar-refractivity contribution in [3.05, 3.63) is 41.8 Å². The van der Waals surface area contributed by atoms with Crippen LogP contribution in [0.3, 0.4) is 0 Å². The molecule has 228 valence electrons. The number of halogens is 1. The summed E-state index contributed by atoms with van der Waals surface area (Å²) in [6.07, 6.45) is 12.3. The average molecular weight is 601 g/mol. The Hall–Kier alpha value is -3.45. The van der Waals surface area contributed by atoms with Crippen LogP contribution in [-0.4, -0.2) is 83.4 Å². The summed E-state index contributed by atoms with van der Waals surface area (Å²) in [5.74, 6) is 1.39. The number of hydrogen-bond acceptors (Lipinski definition) is 10. The van der Waals surface area contributed by atoms with Gasteiger partial charge in [0, 0.05) is 31.0 Å². The first-order valence-electron chi connectivity index (χ1n) is 14.4. The molecule has 13 heteroatoms. The van der Waals surface area contributed by atoms with Crippen LogP contribution >= 0.6 is 11.6 Å². The number of nitrogens with one attached hydrogen (secondary N) is 2. The molecule has 5 N–H and O–H groups in total. The maximum atomic E-state index is 9.19. The van der Waals surface area contributed by atoms with E-state index in [-0.39, 0.29) is 19.3 Å². The summed E-state index contributed by atoms with van der Waals surface area (Å²) in [4.78, 5) is 13.0. The molecule has 2 fully saturated rings. The van der Waals surface area contributed by atoms with E-state index in [9.17, 15) is 5.11 Å². The zero-order chi connectivity index (χ0) is 29.6. The first-order valence-corrected chi connectivity index (χ1v) is 14.8.